The minimum absolute atomic E-state index is 0.00213. The third-order valence-corrected chi connectivity index (χ3v) is 2.80. The van der Waals surface area contributed by atoms with Crippen LogP contribution in [0.5, 0.6) is 0 Å². The average Bonchev–Trinajstić information content (AvgIpc) is 2.35. The van der Waals surface area contributed by atoms with Gasteiger partial charge in [0.2, 0.25) is 0 Å². The molecule has 0 spiro atoms. The summed E-state index contributed by atoms with van der Waals surface area (Å²) >= 11 is 0. The molecule has 3 nitrogen and oxygen atoms in total. The predicted octanol–water partition coefficient (Wildman–Crippen LogP) is 3.76. The molecule has 0 saturated carbocycles. The summed E-state index contributed by atoms with van der Waals surface area (Å²) in [6.07, 6.45) is 0. The highest BCUT2D eigenvalue weighted by Crippen LogP contribution is 2.24. The zero-order valence-electron chi connectivity index (χ0n) is 11.0. The van der Waals surface area contributed by atoms with Crippen LogP contribution in [0.1, 0.15) is 11.1 Å². The van der Waals surface area contributed by atoms with Gasteiger partial charge in [-0.2, -0.15) is 0 Å². The Morgan fingerprint density at radius 3 is 2.32 bits per heavy atom. The fraction of sp³-hybridized carbons (Fsp3) is 0.214. The van der Waals surface area contributed by atoms with E-state index in [1.54, 1.807) is 0 Å². The highest BCUT2D eigenvalue weighted by atomic mass is 19.1. The Morgan fingerprint density at radius 1 is 1.00 bits per heavy atom. The Bertz CT molecular complexity index is 612. The van der Waals surface area contributed by atoms with Gasteiger partial charge in [0.05, 0.1) is 0 Å². The van der Waals surface area contributed by atoms with E-state index in [-0.39, 0.29) is 11.6 Å². The summed E-state index contributed by atoms with van der Waals surface area (Å²) in [5, 5.41) is 5.46. The van der Waals surface area contributed by atoms with Crippen LogP contribution in [-0.2, 0) is 0 Å². The van der Waals surface area contributed by atoms with Gasteiger partial charge in [-0.1, -0.05) is 17.7 Å². The normalized spacial score (nSPS) is 10.4. The van der Waals surface area contributed by atoms with Crippen molar-refractivity contribution in [2.45, 2.75) is 13.8 Å². The number of benzene rings is 1. The van der Waals surface area contributed by atoms with Crippen molar-refractivity contribution in [2.75, 3.05) is 17.7 Å². The number of halogens is 2. The maximum atomic E-state index is 13.7. The van der Waals surface area contributed by atoms with Crippen LogP contribution in [0.3, 0.4) is 0 Å². The minimum atomic E-state index is -0.725. The van der Waals surface area contributed by atoms with Crippen LogP contribution in [0.4, 0.5) is 26.1 Å². The van der Waals surface area contributed by atoms with Crippen LogP contribution in [0.25, 0.3) is 0 Å². The van der Waals surface area contributed by atoms with Gasteiger partial charge in [0.1, 0.15) is 0 Å². The summed E-state index contributed by atoms with van der Waals surface area (Å²) in [5.74, 6) is -1.44. The fourth-order valence-electron chi connectivity index (χ4n) is 1.81. The molecule has 0 atom stereocenters. The summed E-state index contributed by atoms with van der Waals surface area (Å²) < 4.78 is 27.0. The topological polar surface area (TPSA) is 37.0 Å². The Balaban J connectivity index is 2.37. The highest BCUT2D eigenvalue weighted by molar-refractivity contribution is 5.62. The van der Waals surface area contributed by atoms with E-state index in [0.717, 1.165) is 22.9 Å². The largest absolute Gasteiger partial charge is 0.371 e. The zero-order chi connectivity index (χ0) is 14.0. The predicted molar refractivity (Wildman–Crippen MR) is 72.9 cm³/mol. The first-order chi connectivity index (χ1) is 9.01. The number of aromatic nitrogens is 1. The SMILES string of the molecule is CNc1nc(Nc2ccc(C)cc2C)c(F)cc1F. The fourth-order valence-corrected chi connectivity index (χ4v) is 1.81. The maximum absolute atomic E-state index is 13.7. The first-order valence-electron chi connectivity index (χ1n) is 5.89. The molecule has 0 aliphatic heterocycles. The second-order valence-electron chi connectivity index (χ2n) is 4.34. The number of pyridine rings is 1. The number of hydrogen-bond donors (Lipinski definition) is 2. The van der Waals surface area contributed by atoms with Gasteiger partial charge in [-0.3, -0.25) is 0 Å². The van der Waals surface area contributed by atoms with E-state index in [2.05, 4.69) is 15.6 Å². The summed E-state index contributed by atoms with van der Waals surface area (Å²) in [6, 6.07) is 6.54. The van der Waals surface area contributed by atoms with Gasteiger partial charge in [-0.05, 0) is 25.5 Å². The van der Waals surface area contributed by atoms with Gasteiger partial charge in [-0.25, -0.2) is 13.8 Å². The molecule has 100 valence electrons. The Labute approximate surface area is 110 Å². The van der Waals surface area contributed by atoms with Gasteiger partial charge in [0.15, 0.2) is 23.3 Å². The van der Waals surface area contributed by atoms with Crippen molar-refractivity contribution in [1.82, 2.24) is 4.98 Å². The van der Waals surface area contributed by atoms with E-state index in [9.17, 15) is 8.78 Å². The first kappa shape index (κ1) is 13.3. The van der Waals surface area contributed by atoms with Crippen LogP contribution >= 0.6 is 0 Å². The lowest BCUT2D eigenvalue weighted by Crippen LogP contribution is -2.04. The number of nitrogens with zero attached hydrogens (tertiary/aromatic N) is 1. The van der Waals surface area contributed by atoms with E-state index in [1.165, 1.54) is 7.05 Å². The van der Waals surface area contributed by atoms with Gasteiger partial charge < -0.3 is 10.6 Å². The summed E-state index contributed by atoms with van der Waals surface area (Å²) in [4.78, 5) is 3.88. The molecule has 0 fully saturated rings. The third kappa shape index (κ3) is 2.81. The van der Waals surface area contributed by atoms with Crippen molar-refractivity contribution >= 4 is 17.3 Å². The molecule has 1 aromatic carbocycles. The van der Waals surface area contributed by atoms with E-state index >= 15 is 0 Å². The van der Waals surface area contributed by atoms with Crippen LogP contribution in [-0.4, -0.2) is 12.0 Å². The van der Waals surface area contributed by atoms with Crippen LogP contribution in [0.15, 0.2) is 24.3 Å². The number of nitrogens with one attached hydrogen (secondary N) is 2. The van der Waals surface area contributed by atoms with Crippen LogP contribution < -0.4 is 10.6 Å². The lowest BCUT2D eigenvalue weighted by Gasteiger charge is -2.12. The van der Waals surface area contributed by atoms with Crippen molar-refractivity contribution in [3.8, 4) is 0 Å². The number of aryl methyl sites for hydroxylation is 2. The molecule has 0 amide bonds. The summed E-state index contributed by atoms with van der Waals surface area (Å²) in [7, 11) is 1.53. The zero-order valence-corrected chi connectivity index (χ0v) is 11.0. The summed E-state index contributed by atoms with van der Waals surface area (Å²) in [6.45, 7) is 3.89. The second-order valence-corrected chi connectivity index (χ2v) is 4.34. The smallest absolute Gasteiger partial charge is 0.169 e. The summed E-state index contributed by atoms with van der Waals surface area (Å²) in [5.41, 5.74) is 2.83. The van der Waals surface area contributed by atoms with Crippen molar-refractivity contribution < 1.29 is 8.78 Å². The van der Waals surface area contributed by atoms with E-state index in [0.29, 0.717) is 0 Å². The molecule has 0 saturated heterocycles. The van der Waals surface area contributed by atoms with Gasteiger partial charge >= 0.3 is 0 Å². The lowest BCUT2D eigenvalue weighted by atomic mass is 10.1. The number of anilines is 3. The molecular formula is C14H15F2N3. The maximum Gasteiger partial charge on any atom is 0.169 e. The standard InChI is InChI=1S/C14H15F2N3/c1-8-4-5-12(9(2)6-8)18-14-11(16)7-10(15)13(17-3)19-14/h4-7H,1-3H3,(H2,17,18,19). The van der Waals surface area contributed by atoms with E-state index in [4.69, 9.17) is 0 Å². The molecule has 1 aromatic heterocycles. The Hall–Kier alpha value is -2.17. The molecule has 2 rings (SSSR count). The van der Waals surface area contributed by atoms with Gasteiger partial charge in [-0.15, -0.1) is 0 Å². The molecular weight excluding hydrogens is 248 g/mol. The Kier molecular flexibility index (Phi) is 3.64. The highest BCUT2D eigenvalue weighted by Gasteiger charge is 2.11. The number of hydrogen-bond acceptors (Lipinski definition) is 3. The average molecular weight is 263 g/mol. The lowest BCUT2D eigenvalue weighted by molar-refractivity contribution is 0.580. The third-order valence-electron chi connectivity index (χ3n) is 2.80. The van der Waals surface area contributed by atoms with Crippen molar-refractivity contribution in [3.05, 3.63) is 47.0 Å². The molecule has 0 radical (unpaired) electrons. The molecule has 19 heavy (non-hydrogen) atoms. The molecule has 0 aliphatic carbocycles. The molecule has 0 aliphatic rings. The molecule has 2 N–H and O–H groups in total. The quantitative estimate of drug-likeness (QED) is 0.885. The molecule has 5 heteroatoms. The van der Waals surface area contributed by atoms with Crippen molar-refractivity contribution in [3.63, 3.8) is 0 Å². The first-order valence-corrected chi connectivity index (χ1v) is 5.89. The van der Waals surface area contributed by atoms with Gasteiger partial charge in [0, 0.05) is 18.8 Å². The molecule has 0 bridgehead atoms. The van der Waals surface area contributed by atoms with E-state index < -0.39 is 11.6 Å². The number of rotatable bonds is 3. The Morgan fingerprint density at radius 2 is 1.68 bits per heavy atom. The minimum Gasteiger partial charge on any atom is -0.371 e. The van der Waals surface area contributed by atoms with Gasteiger partial charge in [0.25, 0.3) is 0 Å². The van der Waals surface area contributed by atoms with Crippen LogP contribution in [0.2, 0.25) is 0 Å². The molecule has 1 heterocycles. The monoisotopic (exact) mass is 263 g/mol. The van der Waals surface area contributed by atoms with Crippen molar-refractivity contribution in [1.29, 1.82) is 0 Å². The van der Waals surface area contributed by atoms with Crippen LogP contribution in [0, 0.1) is 25.5 Å². The second kappa shape index (κ2) is 5.22. The molecule has 2 aromatic rings. The molecule has 0 unspecified atom stereocenters. The van der Waals surface area contributed by atoms with E-state index in [1.807, 2.05) is 32.0 Å². The van der Waals surface area contributed by atoms with Crippen molar-refractivity contribution in [2.24, 2.45) is 0 Å².